The lowest BCUT2D eigenvalue weighted by Gasteiger charge is -2.18. The van der Waals surface area contributed by atoms with Crippen LogP contribution in [0.25, 0.3) is 10.8 Å². The Morgan fingerprint density at radius 2 is 1.71 bits per heavy atom. The summed E-state index contributed by atoms with van der Waals surface area (Å²) in [4.78, 5) is 12.4. The molecule has 0 saturated heterocycles. The van der Waals surface area contributed by atoms with Crippen molar-refractivity contribution >= 4 is 16.7 Å². The molecule has 6 nitrogen and oxygen atoms in total. The summed E-state index contributed by atoms with van der Waals surface area (Å²) in [6.45, 7) is 1.68. The molecule has 2 heterocycles. The van der Waals surface area contributed by atoms with E-state index in [-0.39, 0.29) is 18.3 Å². The fourth-order valence-electron chi connectivity index (χ4n) is 3.46. The Labute approximate surface area is 179 Å². The first-order valence-electron chi connectivity index (χ1n) is 10.1. The molecule has 0 unspecified atom stereocenters. The minimum atomic E-state index is -0.285. The van der Waals surface area contributed by atoms with E-state index in [0.717, 1.165) is 27.8 Å². The molecule has 0 atom stereocenters. The Morgan fingerprint density at radius 3 is 2.61 bits per heavy atom. The summed E-state index contributed by atoms with van der Waals surface area (Å²) in [6.07, 6.45) is 0. The van der Waals surface area contributed by atoms with E-state index in [4.69, 9.17) is 18.6 Å². The van der Waals surface area contributed by atoms with Crippen LogP contribution in [-0.2, 0) is 13.2 Å². The molecule has 0 spiro atoms. The lowest BCUT2D eigenvalue weighted by Crippen LogP contribution is -2.22. The molecule has 0 aliphatic carbocycles. The van der Waals surface area contributed by atoms with Crippen molar-refractivity contribution in [3.8, 4) is 17.2 Å². The average molecular weight is 415 g/mol. The molecule has 0 saturated carbocycles. The maximum Gasteiger partial charge on any atom is 0.287 e. The Morgan fingerprint density at radius 1 is 0.871 bits per heavy atom. The van der Waals surface area contributed by atoms with Gasteiger partial charge in [0.1, 0.15) is 31.3 Å². The number of carbonyl (C=O) groups excluding carboxylic acids is 1. The van der Waals surface area contributed by atoms with Gasteiger partial charge in [-0.25, -0.2) is 0 Å². The van der Waals surface area contributed by atoms with Crippen LogP contribution in [0, 0.1) is 0 Å². The van der Waals surface area contributed by atoms with Crippen LogP contribution >= 0.6 is 0 Å². The highest BCUT2D eigenvalue weighted by Gasteiger charge is 2.14. The number of fused-ring (bicyclic) bond motifs is 2. The third kappa shape index (κ3) is 4.33. The molecular formula is C25H21NO5. The number of hydrogen-bond acceptors (Lipinski definition) is 5. The molecule has 6 heteroatoms. The second-order valence-electron chi connectivity index (χ2n) is 7.22. The lowest BCUT2D eigenvalue weighted by atomic mass is 10.1. The number of nitrogens with one attached hydrogen (secondary N) is 1. The van der Waals surface area contributed by atoms with Gasteiger partial charge in [-0.2, -0.15) is 0 Å². The Balaban J connectivity index is 1.17. The zero-order valence-electron chi connectivity index (χ0n) is 16.8. The van der Waals surface area contributed by atoms with Crippen molar-refractivity contribution in [2.75, 3.05) is 13.2 Å². The smallest absolute Gasteiger partial charge is 0.287 e. The van der Waals surface area contributed by atoms with Gasteiger partial charge in [-0.3, -0.25) is 4.79 Å². The van der Waals surface area contributed by atoms with Gasteiger partial charge in [0, 0.05) is 6.54 Å². The normalized spacial score (nSPS) is 12.5. The van der Waals surface area contributed by atoms with Crippen molar-refractivity contribution in [2.24, 2.45) is 0 Å². The number of hydrogen-bond donors (Lipinski definition) is 1. The van der Waals surface area contributed by atoms with E-state index in [9.17, 15) is 4.79 Å². The molecule has 4 aromatic rings. The molecule has 31 heavy (non-hydrogen) atoms. The molecule has 1 aromatic heterocycles. The number of furan rings is 1. The number of amides is 1. The van der Waals surface area contributed by atoms with Crippen molar-refractivity contribution in [3.63, 3.8) is 0 Å². The topological polar surface area (TPSA) is 69.9 Å². The van der Waals surface area contributed by atoms with Gasteiger partial charge in [-0.1, -0.05) is 36.4 Å². The second-order valence-corrected chi connectivity index (χ2v) is 7.22. The largest absolute Gasteiger partial charge is 0.486 e. The van der Waals surface area contributed by atoms with Crippen LogP contribution in [0.5, 0.6) is 17.2 Å². The molecule has 1 N–H and O–H groups in total. The van der Waals surface area contributed by atoms with Crippen molar-refractivity contribution < 1.29 is 23.4 Å². The Kier molecular flexibility index (Phi) is 5.19. The average Bonchev–Trinajstić information content (AvgIpc) is 3.30. The van der Waals surface area contributed by atoms with Crippen LogP contribution in [0.15, 0.2) is 77.2 Å². The fourth-order valence-corrected chi connectivity index (χ4v) is 3.46. The summed E-state index contributed by atoms with van der Waals surface area (Å²) in [5.74, 6) is 2.71. The van der Waals surface area contributed by atoms with Crippen molar-refractivity contribution in [1.29, 1.82) is 0 Å². The second kappa shape index (κ2) is 8.44. The minimum Gasteiger partial charge on any atom is -0.486 e. The summed E-state index contributed by atoms with van der Waals surface area (Å²) in [6, 6.07) is 23.1. The minimum absolute atomic E-state index is 0.244. The van der Waals surface area contributed by atoms with Crippen LogP contribution in [0.1, 0.15) is 21.9 Å². The van der Waals surface area contributed by atoms with Crippen molar-refractivity contribution in [1.82, 2.24) is 5.32 Å². The molecule has 1 aliphatic heterocycles. The van der Waals surface area contributed by atoms with Gasteiger partial charge in [-0.15, -0.1) is 0 Å². The highest BCUT2D eigenvalue weighted by Crippen LogP contribution is 2.30. The van der Waals surface area contributed by atoms with Gasteiger partial charge in [0.05, 0.1) is 0 Å². The standard InChI is InChI=1S/C25H21NO5/c27-25(26-15-17-5-9-22-24(13-17)29-12-11-28-22)23-10-8-21(31-23)16-30-20-7-6-18-3-1-2-4-19(18)14-20/h1-10,13-14H,11-12,15-16H2,(H,26,27). The molecule has 0 fully saturated rings. The first-order valence-corrected chi connectivity index (χ1v) is 10.1. The van der Waals surface area contributed by atoms with Crippen LogP contribution in [-0.4, -0.2) is 19.1 Å². The molecular weight excluding hydrogens is 394 g/mol. The summed E-state index contributed by atoms with van der Waals surface area (Å²) < 4.78 is 22.6. The van der Waals surface area contributed by atoms with Gasteiger partial charge in [0.2, 0.25) is 0 Å². The van der Waals surface area contributed by atoms with Gasteiger partial charge in [0.15, 0.2) is 17.3 Å². The van der Waals surface area contributed by atoms with E-state index in [2.05, 4.69) is 11.4 Å². The van der Waals surface area contributed by atoms with E-state index in [0.29, 0.717) is 31.3 Å². The van der Waals surface area contributed by atoms with Crippen LogP contribution in [0.4, 0.5) is 0 Å². The van der Waals surface area contributed by atoms with E-state index >= 15 is 0 Å². The molecule has 156 valence electrons. The quantitative estimate of drug-likeness (QED) is 0.494. The maximum atomic E-state index is 12.4. The van der Waals surface area contributed by atoms with Crippen LogP contribution in [0.2, 0.25) is 0 Å². The van der Waals surface area contributed by atoms with Gasteiger partial charge >= 0.3 is 0 Å². The molecule has 1 aliphatic rings. The summed E-state index contributed by atoms with van der Waals surface area (Å²) in [5, 5.41) is 5.13. The van der Waals surface area contributed by atoms with Crippen LogP contribution in [0.3, 0.4) is 0 Å². The van der Waals surface area contributed by atoms with Crippen LogP contribution < -0.4 is 19.5 Å². The summed E-state index contributed by atoms with van der Waals surface area (Å²) in [7, 11) is 0. The zero-order chi connectivity index (χ0) is 21.0. The molecule has 3 aromatic carbocycles. The first-order chi connectivity index (χ1) is 15.2. The number of ether oxygens (including phenoxy) is 3. The van der Waals surface area contributed by atoms with Gasteiger partial charge < -0.3 is 23.9 Å². The zero-order valence-corrected chi connectivity index (χ0v) is 16.8. The monoisotopic (exact) mass is 415 g/mol. The van der Waals surface area contributed by atoms with E-state index in [1.54, 1.807) is 12.1 Å². The predicted molar refractivity (Wildman–Crippen MR) is 116 cm³/mol. The van der Waals surface area contributed by atoms with E-state index in [1.807, 2.05) is 54.6 Å². The highest BCUT2D eigenvalue weighted by molar-refractivity contribution is 5.91. The van der Waals surface area contributed by atoms with Gasteiger partial charge in [0.25, 0.3) is 5.91 Å². The molecule has 0 bridgehead atoms. The number of rotatable bonds is 6. The molecule has 1 amide bonds. The number of carbonyl (C=O) groups is 1. The number of benzene rings is 3. The molecule has 5 rings (SSSR count). The maximum absolute atomic E-state index is 12.4. The van der Waals surface area contributed by atoms with Crippen molar-refractivity contribution in [3.05, 3.63) is 89.9 Å². The highest BCUT2D eigenvalue weighted by atomic mass is 16.6. The summed E-state index contributed by atoms with van der Waals surface area (Å²) in [5.41, 5.74) is 0.920. The SMILES string of the molecule is O=C(NCc1ccc2c(c1)OCCO2)c1ccc(COc2ccc3ccccc3c2)o1. The Hall–Kier alpha value is -3.93. The fraction of sp³-hybridized carbons (Fsp3) is 0.160. The molecule has 0 radical (unpaired) electrons. The van der Waals surface area contributed by atoms with Gasteiger partial charge in [-0.05, 0) is 52.7 Å². The van der Waals surface area contributed by atoms with E-state index in [1.165, 1.54) is 0 Å². The first kappa shape index (κ1) is 19.1. The third-order valence-electron chi connectivity index (χ3n) is 5.05. The third-order valence-corrected chi connectivity index (χ3v) is 5.05. The lowest BCUT2D eigenvalue weighted by molar-refractivity contribution is 0.0919. The van der Waals surface area contributed by atoms with Crippen molar-refractivity contribution in [2.45, 2.75) is 13.2 Å². The van der Waals surface area contributed by atoms with E-state index < -0.39 is 0 Å². The summed E-state index contributed by atoms with van der Waals surface area (Å²) >= 11 is 0. The Bertz CT molecular complexity index is 1230. The predicted octanol–water partition coefficient (Wildman–Crippen LogP) is 4.71.